The lowest BCUT2D eigenvalue weighted by Crippen LogP contribution is -2.61. The third-order valence-electron chi connectivity index (χ3n) is 22.5. The van der Waals surface area contributed by atoms with Gasteiger partial charge in [-0.05, 0) is 142 Å². The molecule has 2 saturated heterocycles. The Morgan fingerprint density at radius 2 is 0.775 bits per heavy atom. The number of rotatable bonds is 59. The molecule has 0 saturated carbocycles. The predicted molar refractivity (Wildman–Crippen MR) is 495 cm³/mol. The fourth-order valence-electron chi connectivity index (χ4n) is 15.2. The molecule has 48 nitrogen and oxygen atoms in total. The molecule has 2 aromatic carbocycles. The number of aromatic hydroxyl groups is 2. The first kappa shape index (κ1) is 116. The Morgan fingerprint density at radius 1 is 0.399 bits per heavy atom. The van der Waals surface area contributed by atoms with E-state index >= 15 is 0 Å². The summed E-state index contributed by atoms with van der Waals surface area (Å²) in [7, 11) is 0. The van der Waals surface area contributed by atoms with Crippen molar-refractivity contribution in [2.45, 2.75) is 277 Å². The first-order chi connectivity index (χ1) is 64.8. The van der Waals surface area contributed by atoms with E-state index in [1.807, 2.05) is 0 Å². The number of nitrogens with zero attached hydrogens (tertiary/aromatic N) is 2. The zero-order valence-corrected chi connectivity index (χ0v) is 79.9. The Hall–Kier alpha value is -13.9. The molecule has 2 aromatic rings. The van der Waals surface area contributed by atoms with E-state index in [1.165, 1.54) is 48.5 Å². The number of benzene rings is 2. The van der Waals surface area contributed by atoms with E-state index in [-0.39, 0.29) is 132 Å². The molecule has 2 aliphatic heterocycles. The average Bonchev–Trinajstić information content (AvgIpc) is 1.66. The maximum absolute atomic E-state index is 14.9. The first-order valence-electron chi connectivity index (χ1n) is 46.1. The number of guanidine groups is 1. The van der Waals surface area contributed by atoms with Crippen LogP contribution in [0.4, 0.5) is 0 Å². The maximum atomic E-state index is 14.9. The van der Waals surface area contributed by atoms with Gasteiger partial charge in [0.1, 0.15) is 96.1 Å². The van der Waals surface area contributed by atoms with Gasteiger partial charge in [0.2, 0.25) is 100 Å². The molecule has 0 bridgehead atoms. The second kappa shape index (κ2) is 57.9. The monoisotopic (exact) mass is 1950 g/mol. The summed E-state index contributed by atoms with van der Waals surface area (Å²) in [5.41, 5.74) is 11.6. The SMILES string of the molecule is CC[C@H](C)[C@H](NC(=O)[C@@H]1CCCN1C(=O)[C@H](CC(=O)O)NC(=O)[C@H](Cc1ccc(O)cc1)NC(=O)CNC(=O)[C@@H]1CCCN1C(=O)CNC(=O)[C@H](CC(=O)O)NC(=O)[C@H](CC(C)C)NC(=O)[C@H](CC(C)C)NC(=O)[C@H](Cc1ccc(O)cc1)NC(=O)[C@@H](NC(=O)[C@H](CC(C)C)NC(=O)[C@H](CCCNC(=N)N)NC(=O)CNC(=O)[C@H](CC(C)C)NC(=O)[C@H](CCC(=O)O)NC(=O)CN)C(C)C)C(=O)O. The van der Waals surface area contributed by atoms with Gasteiger partial charge in [0.15, 0.2) is 5.96 Å². The van der Waals surface area contributed by atoms with Gasteiger partial charge in [-0.25, -0.2) is 4.79 Å². The van der Waals surface area contributed by atoms with Crippen molar-refractivity contribution in [2.24, 2.45) is 47.0 Å². The van der Waals surface area contributed by atoms with Gasteiger partial charge in [0, 0.05) is 38.9 Å². The van der Waals surface area contributed by atoms with E-state index in [1.54, 1.807) is 83.1 Å². The molecule has 2 aliphatic rings. The van der Waals surface area contributed by atoms with Gasteiger partial charge in [-0.15, -0.1) is 0 Å². The topological polar surface area (TPSA) is 755 Å². The number of likely N-dealkylation sites (tertiary alicyclic amines) is 2. The average molecular weight is 1950 g/mol. The molecule has 0 spiro atoms. The van der Waals surface area contributed by atoms with Crippen molar-refractivity contribution in [1.29, 1.82) is 5.41 Å². The van der Waals surface area contributed by atoms with Crippen molar-refractivity contribution < 1.29 is 131 Å². The summed E-state index contributed by atoms with van der Waals surface area (Å²) in [4.78, 5) is 289. The number of aliphatic carboxylic acids is 4. The molecule has 0 aromatic heterocycles. The lowest BCUT2D eigenvalue weighted by Gasteiger charge is -2.30. The summed E-state index contributed by atoms with van der Waals surface area (Å²) in [6.45, 7) is 17.0. The summed E-state index contributed by atoms with van der Waals surface area (Å²) in [5, 5.41) is 107. The number of amides is 17. The van der Waals surface area contributed by atoms with Crippen molar-refractivity contribution in [3.05, 3.63) is 59.7 Å². The standard InChI is InChI=1S/C90H139N21O27/c1-13-50(12)75(89(137)138)109-86(134)66-19-16-32-111(66)88(136)64(40-73(122)123)107-82(130)61(37-51-20-24-53(112)25-21-51)100-69(116)43-96-85(133)65-18-15-31-110(65)70(117)44-97-77(125)63(39-72(120)121)105-81(129)59(35-47(6)7)103-80(128)58(34-46(4)5)104-83(131)62(38-52-22-26-54(113)27-23-52)106-87(135)74(49(10)11)108-84(132)60(36-48(8)9)102-78(126)55(17-14-30-94-90(92)93)99-68(115)42-95-76(124)57(33-45(2)3)101-79(127)56(28-29-71(118)119)98-67(114)41-91/h20-27,45-50,55-66,74-75,112-113H,13-19,28-44,91H2,1-12H3,(H,95,124)(H,96,133)(H,97,125)(H,98,114)(H,99,115)(H,100,116)(H,101,127)(H,102,126)(H,103,128)(H,104,131)(H,105,129)(H,106,135)(H,107,130)(H,108,132)(H,109,134)(H,118,119)(H,120,121)(H,122,123)(H,137,138)(H4,92,93,94)/t50-,55-,56-,57-,58-,59-,60-,61-,62-,63-,64-,65-,66-,74-,75-/m0/s1. The van der Waals surface area contributed by atoms with Gasteiger partial charge < -0.3 is 137 Å². The molecule has 766 valence electrons. The molecule has 138 heavy (non-hydrogen) atoms. The minimum atomic E-state index is -1.93. The second-order valence-electron chi connectivity index (χ2n) is 36.4. The normalized spacial score (nSPS) is 16.2. The molecule has 2 heterocycles. The minimum Gasteiger partial charge on any atom is -0.508 e. The second-order valence-corrected chi connectivity index (χ2v) is 36.4. The van der Waals surface area contributed by atoms with Crippen molar-refractivity contribution in [3.63, 3.8) is 0 Å². The first-order valence-corrected chi connectivity index (χ1v) is 46.1. The summed E-state index contributed by atoms with van der Waals surface area (Å²) in [6, 6.07) is -10.1. The minimum absolute atomic E-state index is 0.00783. The van der Waals surface area contributed by atoms with E-state index < -0.39 is 278 Å². The molecule has 2 fully saturated rings. The Labute approximate surface area is 799 Å². The van der Waals surface area contributed by atoms with Gasteiger partial charge in [-0.3, -0.25) is 101 Å². The smallest absolute Gasteiger partial charge is 0.326 e. The van der Waals surface area contributed by atoms with E-state index in [9.17, 15) is 131 Å². The number of nitrogens with two attached hydrogens (primary N) is 2. The summed E-state index contributed by atoms with van der Waals surface area (Å²) in [6.07, 6.45) is -3.06. The Kier molecular flexibility index (Phi) is 48.8. The third-order valence-corrected chi connectivity index (χ3v) is 22.5. The van der Waals surface area contributed by atoms with E-state index in [2.05, 4.69) is 85.1 Å². The third kappa shape index (κ3) is 41.0. The van der Waals surface area contributed by atoms with Gasteiger partial charge in [0.05, 0.1) is 39.0 Å². The lowest BCUT2D eigenvalue weighted by atomic mass is 9.97. The van der Waals surface area contributed by atoms with Crippen LogP contribution in [0.25, 0.3) is 0 Å². The quantitative estimate of drug-likeness (QED) is 0.0171. The fraction of sp³-hybridized carbons (Fsp3) is 0.622. The van der Waals surface area contributed by atoms with Crippen LogP contribution in [-0.4, -0.2) is 301 Å². The zero-order valence-electron chi connectivity index (χ0n) is 79.9. The molecular formula is C90H139N21O27. The van der Waals surface area contributed by atoms with Crippen LogP contribution in [0.3, 0.4) is 0 Å². The number of hydrogen-bond donors (Lipinski definition) is 25. The van der Waals surface area contributed by atoms with E-state index in [0.29, 0.717) is 17.5 Å². The zero-order chi connectivity index (χ0) is 104. The van der Waals surface area contributed by atoms with Crippen molar-refractivity contribution in [3.8, 4) is 11.5 Å². The highest BCUT2D eigenvalue weighted by Crippen LogP contribution is 2.24. The summed E-state index contributed by atoms with van der Waals surface area (Å²) < 4.78 is 0. The molecule has 15 atom stereocenters. The highest BCUT2D eigenvalue weighted by atomic mass is 16.4. The highest BCUT2D eigenvalue weighted by Gasteiger charge is 2.44. The largest absolute Gasteiger partial charge is 0.508 e. The van der Waals surface area contributed by atoms with Crippen LogP contribution in [-0.2, 0) is 114 Å². The number of carbonyl (C=O) groups is 21. The fourth-order valence-corrected chi connectivity index (χ4v) is 15.2. The molecule has 0 radical (unpaired) electrons. The van der Waals surface area contributed by atoms with Crippen LogP contribution in [0.15, 0.2) is 48.5 Å². The number of carbonyl (C=O) groups excluding carboxylic acids is 17. The molecule has 0 unspecified atom stereocenters. The van der Waals surface area contributed by atoms with Gasteiger partial charge in [0.25, 0.3) is 0 Å². The van der Waals surface area contributed by atoms with Gasteiger partial charge >= 0.3 is 23.9 Å². The van der Waals surface area contributed by atoms with Crippen LogP contribution in [0.1, 0.15) is 191 Å². The van der Waals surface area contributed by atoms with E-state index in [4.69, 9.17) is 16.9 Å². The molecule has 48 heteroatoms. The van der Waals surface area contributed by atoms with Gasteiger partial charge in [-0.2, -0.15) is 0 Å². The number of carboxylic acid groups (broad SMARTS) is 4. The molecule has 17 amide bonds. The van der Waals surface area contributed by atoms with Crippen LogP contribution < -0.4 is 96.5 Å². The summed E-state index contributed by atoms with van der Waals surface area (Å²) in [5.74, 6) is -25.3. The Bertz CT molecular complexity index is 4590. The Balaban J connectivity index is 1.51. The molecule has 27 N–H and O–H groups in total. The van der Waals surface area contributed by atoms with Crippen LogP contribution in [0.5, 0.6) is 11.5 Å². The number of phenolic OH excluding ortho intramolecular Hbond substituents is 2. The van der Waals surface area contributed by atoms with Crippen molar-refractivity contribution in [2.75, 3.05) is 45.8 Å². The number of hydrogen-bond acceptors (Lipinski definition) is 25. The van der Waals surface area contributed by atoms with E-state index in [0.717, 1.165) is 9.80 Å². The van der Waals surface area contributed by atoms with Crippen molar-refractivity contribution in [1.82, 2.24) is 94.9 Å². The lowest BCUT2D eigenvalue weighted by molar-refractivity contribution is -0.148. The highest BCUT2D eigenvalue weighted by molar-refractivity contribution is 6.02. The number of carboxylic acids is 4. The predicted octanol–water partition coefficient (Wildman–Crippen LogP) is -3.96. The number of phenols is 2. The number of nitrogens with one attached hydrogen (secondary N) is 17. The van der Waals surface area contributed by atoms with Crippen LogP contribution in [0.2, 0.25) is 0 Å². The summed E-state index contributed by atoms with van der Waals surface area (Å²) >= 11 is 0. The van der Waals surface area contributed by atoms with Crippen molar-refractivity contribution >= 4 is 130 Å². The molecule has 0 aliphatic carbocycles. The Morgan fingerprint density at radius 3 is 1.22 bits per heavy atom. The van der Waals surface area contributed by atoms with Gasteiger partial charge in [-0.1, -0.05) is 114 Å². The maximum Gasteiger partial charge on any atom is 0.326 e. The molecular weight excluding hydrogens is 1810 g/mol. The molecule has 4 rings (SSSR count). The van der Waals surface area contributed by atoms with Crippen LogP contribution >= 0.6 is 0 Å². The van der Waals surface area contributed by atoms with Crippen LogP contribution in [0, 0.1) is 40.9 Å².